The Morgan fingerprint density at radius 1 is 0.323 bits per heavy atom. The molecule has 0 aliphatic heterocycles. The van der Waals surface area contributed by atoms with E-state index in [1.807, 2.05) is 18.2 Å². The summed E-state index contributed by atoms with van der Waals surface area (Å²) in [4.78, 5) is 3.83. The predicted octanol–water partition coefficient (Wildman–Crippen LogP) is 16.1. The average molecular weight is 826 g/mol. The highest BCUT2D eigenvalue weighted by atomic mass is 15.0. The van der Waals surface area contributed by atoms with Gasteiger partial charge in [0.2, 0.25) is 0 Å². The second-order valence-electron chi connectivity index (χ2n) is 17.1. The zero-order chi connectivity index (χ0) is 43.1. The summed E-state index contributed by atoms with van der Waals surface area (Å²) in [6, 6.07) is 86.0. The SMILES string of the molecule is [C-]#[N+]c1ccc2c(c1)c1cc(-c3ccc4c(c3)c3ccccc3n4-c3ccc4c(c3)C(c3ccccc3)(c3ccccc3)c3ccccc3-4)ccc1n2-c1ccc(-c2ccccc2)cc1. The summed E-state index contributed by atoms with van der Waals surface area (Å²) in [5.41, 5.74) is 19.2. The standard InChI is InChI=1S/C62H39N3/c1-63-47-29-36-61-55(39-47)54-38-44(28-35-60(54)64(61)48-30-25-42(26-31-48)41-15-5-2-6-16-41)43-27-34-59-53(37-43)52-22-12-14-24-58(52)65(59)49-32-33-51-50-21-11-13-23-56(50)62(57(51)40-49,45-17-7-3-8-18-45)46-19-9-4-10-20-46/h2-40H. The highest BCUT2D eigenvalue weighted by Gasteiger charge is 2.46. The molecule has 0 N–H and O–H groups in total. The average Bonchev–Trinajstić information content (AvgIpc) is 4.00. The molecule has 12 aromatic rings. The molecule has 0 bridgehead atoms. The topological polar surface area (TPSA) is 14.2 Å². The molecular weight excluding hydrogens is 787 g/mol. The molecule has 0 amide bonds. The fourth-order valence-corrected chi connectivity index (χ4v) is 11.0. The summed E-state index contributed by atoms with van der Waals surface area (Å²) in [6.07, 6.45) is 0. The van der Waals surface area contributed by atoms with Gasteiger partial charge in [-0.05, 0) is 128 Å². The van der Waals surface area contributed by atoms with E-state index in [2.05, 4.69) is 232 Å². The van der Waals surface area contributed by atoms with Gasteiger partial charge in [-0.3, -0.25) is 0 Å². The van der Waals surface area contributed by atoms with Crippen molar-refractivity contribution in [1.29, 1.82) is 0 Å². The van der Waals surface area contributed by atoms with E-state index in [4.69, 9.17) is 6.57 Å². The van der Waals surface area contributed by atoms with Crippen LogP contribution in [0.2, 0.25) is 0 Å². The first-order chi connectivity index (χ1) is 32.2. The molecule has 0 radical (unpaired) electrons. The third-order valence-electron chi connectivity index (χ3n) is 13.8. The molecule has 0 saturated heterocycles. The largest absolute Gasteiger partial charge is 0.309 e. The van der Waals surface area contributed by atoms with Crippen molar-refractivity contribution in [3.05, 3.63) is 270 Å². The summed E-state index contributed by atoms with van der Waals surface area (Å²) in [5.74, 6) is 0. The molecule has 0 atom stereocenters. The molecule has 0 unspecified atom stereocenters. The Kier molecular flexibility index (Phi) is 8.19. The first-order valence-corrected chi connectivity index (χ1v) is 22.2. The highest BCUT2D eigenvalue weighted by molar-refractivity contribution is 6.13. The van der Waals surface area contributed by atoms with Crippen molar-refractivity contribution in [2.45, 2.75) is 5.41 Å². The van der Waals surface area contributed by atoms with Crippen molar-refractivity contribution in [2.24, 2.45) is 0 Å². The van der Waals surface area contributed by atoms with Crippen molar-refractivity contribution in [2.75, 3.05) is 0 Å². The lowest BCUT2D eigenvalue weighted by Crippen LogP contribution is -2.28. The van der Waals surface area contributed by atoms with Crippen LogP contribution in [-0.4, -0.2) is 9.13 Å². The van der Waals surface area contributed by atoms with Crippen LogP contribution in [0.15, 0.2) is 237 Å². The van der Waals surface area contributed by atoms with Crippen LogP contribution in [0.4, 0.5) is 5.69 Å². The maximum atomic E-state index is 7.87. The van der Waals surface area contributed by atoms with Gasteiger partial charge in [0.05, 0.1) is 34.1 Å². The lowest BCUT2D eigenvalue weighted by atomic mass is 9.67. The molecule has 0 fully saturated rings. The van der Waals surface area contributed by atoms with Crippen molar-refractivity contribution in [3.8, 4) is 44.8 Å². The van der Waals surface area contributed by atoms with Crippen LogP contribution in [0.25, 0.3) is 93.2 Å². The fraction of sp³-hybridized carbons (Fsp3) is 0.0161. The molecule has 3 heteroatoms. The molecule has 65 heavy (non-hydrogen) atoms. The van der Waals surface area contributed by atoms with Crippen LogP contribution in [-0.2, 0) is 5.41 Å². The fourth-order valence-electron chi connectivity index (χ4n) is 11.0. The molecule has 10 aromatic carbocycles. The van der Waals surface area contributed by atoms with Gasteiger partial charge in [0, 0.05) is 27.5 Å². The summed E-state index contributed by atoms with van der Waals surface area (Å²) < 4.78 is 4.78. The minimum Gasteiger partial charge on any atom is -0.309 e. The molecule has 0 saturated carbocycles. The number of benzene rings is 10. The van der Waals surface area contributed by atoms with E-state index < -0.39 is 5.41 Å². The van der Waals surface area contributed by atoms with E-state index in [1.165, 1.54) is 60.8 Å². The van der Waals surface area contributed by atoms with Gasteiger partial charge in [-0.2, -0.15) is 0 Å². The van der Waals surface area contributed by atoms with Crippen molar-refractivity contribution < 1.29 is 0 Å². The van der Waals surface area contributed by atoms with Crippen LogP contribution in [0, 0.1) is 6.57 Å². The zero-order valence-corrected chi connectivity index (χ0v) is 35.4. The van der Waals surface area contributed by atoms with E-state index in [-0.39, 0.29) is 0 Å². The zero-order valence-electron chi connectivity index (χ0n) is 35.4. The van der Waals surface area contributed by atoms with Crippen molar-refractivity contribution in [1.82, 2.24) is 9.13 Å². The lowest BCUT2D eigenvalue weighted by Gasteiger charge is -2.34. The van der Waals surface area contributed by atoms with E-state index in [0.717, 1.165) is 49.8 Å². The number of rotatable bonds is 6. The molecule has 1 aliphatic carbocycles. The molecule has 302 valence electrons. The summed E-state index contributed by atoms with van der Waals surface area (Å²) in [7, 11) is 0. The van der Waals surface area contributed by atoms with Crippen molar-refractivity contribution in [3.63, 3.8) is 0 Å². The molecular formula is C62H39N3. The van der Waals surface area contributed by atoms with Crippen LogP contribution in [0.1, 0.15) is 22.3 Å². The Balaban J connectivity index is 0.974. The van der Waals surface area contributed by atoms with Gasteiger partial charge in [0.15, 0.2) is 5.69 Å². The van der Waals surface area contributed by atoms with Gasteiger partial charge in [0.1, 0.15) is 0 Å². The van der Waals surface area contributed by atoms with E-state index in [1.54, 1.807) is 0 Å². The third-order valence-corrected chi connectivity index (χ3v) is 13.8. The van der Waals surface area contributed by atoms with Gasteiger partial charge in [-0.1, -0.05) is 170 Å². The van der Waals surface area contributed by atoms with Crippen molar-refractivity contribution >= 4 is 49.3 Å². The normalized spacial score (nSPS) is 12.7. The molecule has 2 heterocycles. The van der Waals surface area contributed by atoms with Gasteiger partial charge in [-0.25, -0.2) is 4.85 Å². The number of hydrogen-bond acceptors (Lipinski definition) is 0. The summed E-state index contributed by atoms with van der Waals surface area (Å²) >= 11 is 0. The number of para-hydroxylation sites is 1. The Bertz CT molecular complexity index is 3830. The Hall–Kier alpha value is -8.71. The first kappa shape index (κ1) is 36.9. The van der Waals surface area contributed by atoms with E-state index in [9.17, 15) is 0 Å². The molecule has 1 aliphatic rings. The summed E-state index contributed by atoms with van der Waals surface area (Å²) in [5, 5.41) is 4.61. The monoisotopic (exact) mass is 825 g/mol. The third kappa shape index (κ3) is 5.48. The number of aromatic nitrogens is 2. The predicted molar refractivity (Wildman–Crippen MR) is 270 cm³/mol. The lowest BCUT2D eigenvalue weighted by molar-refractivity contribution is 0.767. The molecule has 13 rings (SSSR count). The maximum absolute atomic E-state index is 7.87. The molecule has 2 aromatic heterocycles. The van der Waals surface area contributed by atoms with Crippen LogP contribution in [0.3, 0.4) is 0 Å². The Morgan fingerprint density at radius 3 is 1.48 bits per heavy atom. The summed E-state index contributed by atoms with van der Waals surface area (Å²) in [6.45, 7) is 7.87. The number of fused-ring (bicyclic) bond motifs is 9. The smallest absolute Gasteiger partial charge is 0.188 e. The van der Waals surface area contributed by atoms with Gasteiger partial charge < -0.3 is 9.13 Å². The first-order valence-electron chi connectivity index (χ1n) is 22.2. The van der Waals surface area contributed by atoms with Gasteiger partial charge >= 0.3 is 0 Å². The van der Waals surface area contributed by atoms with Gasteiger partial charge in [0.25, 0.3) is 0 Å². The number of nitrogens with zero attached hydrogens (tertiary/aromatic N) is 3. The Labute approximate surface area is 377 Å². The maximum Gasteiger partial charge on any atom is 0.188 e. The highest BCUT2D eigenvalue weighted by Crippen LogP contribution is 2.56. The second-order valence-corrected chi connectivity index (χ2v) is 17.1. The minimum absolute atomic E-state index is 0.487. The quantitative estimate of drug-likeness (QED) is 0.148. The van der Waals surface area contributed by atoms with Crippen LogP contribution < -0.4 is 0 Å². The number of hydrogen-bond donors (Lipinski definition) is 0. The van der Waals surface area contributed by atoms with Gasteiger partial charge in [-0.15, -0.1) is 0 Å². The van der Waals surface area contributed by atoms with Crippen LogP contribution in [0.5, 0.6) is 0 Å². The minimum atomic E-state index is -0.487. The second kappa shape index (κ2) is 14.4. The Morgan fingerprint density at radius 2 is 0.800 bits per heavy atom. The van der Waals surface area contributed by atoms with Crippen LogP contribution >= 0.6 is 0 Å². The molecule has 3 nitrogen and oxygen atoms in total. The molecule has 0 spiro atoms. The van der Waals surface area contributed by atoms with E-state index >= 15 is 0 Å². The van der Waals surface area contributed by atoms with E-state index in [0.29, 0.717) is 5.69 Å².